The Hall–Kier alpha value is -3.53. The summed E-state index contributed by atoms with van der Waals surface area (Å²) in [6, 6.07) is 24.7. The molecule has 2 aliphatic carbocycles. The number of hydrogen-bond donors (Lipinski definition) is 1. The maximum atomic E-state index is 5.55. The highest BCUT2D eigenvalue weighted by atomic mass is 15.2. The molecule has 0 fully saturated rings. The summed E-state index contributed by atoms with van der Waals surface area (Å²) >= 11 is 0. The van der Waals surface area contributed by atoms with Crippen molar-refractivity contribution in [1.82, 2.24) is 0 Å². The summed E-state index contributed by atoms with van der Waals surface area (Å²) < 4.78 is 0. The lowest BCUT2D eigenvalue weighted by molar-refractivity contribution is 1.21. The third-order valence-corrected chi connectivity index (χ3v) is 4.96. The average Bonchev–Trinajstić information content (AvgIpc) is 3.22. The van der Waals surface area contributed by atoms with Gasteiger partial charge < -0.3 is 5.84 Å². The minimum Gasteiger partial charge on any atom is -0.323 e. The normalized spacial score (nSPS) is 17.3. The Morgan fingerprint density at radius 3 is 1.54 bits per heavy atom. The van der Waals surface area contributed by atoms with Crippen LogP contribution in [0.1, 0.15) is 28.7 Å². The first kappa shape index (κ1) is 14.8. The zero-order valence-corrected chi connectivity index (χ0v) is 14.1. The van der Waals surface area contributed by atoms with Crippen LogP contribution in [-0.4, -0.2) is 17.1 Å². The molecule has 0 saturated carbocycles. The molecule has 0 spiro atoms. The highest BCUT2D eigenvalue weighted by Gasteiger charge is 2.26. The van der Waals surface area contributed by atoms with Crippen molar-refractivity contribution in [3.63, 3.8) is 0 Å². The fourth-order valence-corrected chi connectivity index (χ4v) is 3.75. The summed E-state index contributed by atoms with van der Waals surface area (Å²) in [5.74, 6) is 5.55. The molecule has 4 nitrogen and oxygen atoms in total. The highest BCUT2D eigenvalue weighted by molar-refractivity contribution is 6.28. The van der Waals surface area contributed by atoms with E-state index in [-0.39, 0.29) is 0 Å². The SMILES string of the molecule is N/N=C1\C/C(=N\N=C2c3ccccc3-c3ccccc32)c2ccccc21. The lowest BCUT2D eigenvalue weighted by Gasteiger charge is -2.00. The summed E-state index contributed by atoms with van der Waals surface area (Å²) in [6.07, 6.45) is 0.607. The van der Waals surface area contributed by atoms with Crippen molar-refractivity contribution < 1.29 is 0 Å². The van der Waals surface area contributed by atoms with Crippen LogP contribution in [0.5, 0.6) is 0 Å². The molecule has 26 heavy (non-hydrogen) atoms. The summed E-state index contributed by atoms with van der Waals surface area (Å²) in [6.45, 7) is 0. The van der Waals surface area contributed by atoms with Crippen molar-refractivity contribution in [2.24, 2.45) is 21.1 Å². The second kappa shape index (κ2) is 5.77. The molecule has 5 rings (SSSR count). The second-order valence-corrected chi connectivity index (χ2v) is 6.38. The van der Waals surface area contributed by atoms with Crippen LogP contribution in [0, 0.1) is 0 Å². The smallest absolute Gasteiger partial charge is 0.101 e. The molecule has 0 bridgehead atoms. The molecule has 2 aliphatic rings. The number of rotatable bonds is 1. The van der Waals surface area contributed by atoms with Crippen LogP contribution in [0.25, 0.3) is 11.1 Å². The second-order valence-electron chi connectivity index (χ2n) is 6.38. The largest absolute Gasteiger partial charge is 0.323 e. The summed E-state index contributed by atoms with van der Waals surface area (Å²) in [5, 5.41) is 13.2. The number of fused-ring (bicyclic) bond motifs is 4. The van der Waals surface area contributed by atoms with Crippen molar-refractivity contribution in [2.45, 2.75) is 6.42 Å². The summed E-state index contributed by atoms with van der Waals surface area (Å²) in [7, 11) is 0. The van der Waals surface area contributed by atoms with Gasteiger partial charge in [0.1, 0.15) is 5.71 Å². The van der Waals surface area contributed by atoms with Gasteiger partial charge in [-0.2, -0.15) is 10.2 Å². The molecule has 0 atom stereocenters. The topological polar surface area (TPSA) is 63.1 Å². The summed E-state index contributed by atoms with van der Waals surface area (Å²) in [5.41, 5.74) is 9.43. The molecule has 0 aliphatic heterocycles. The van der Waals surface area contributed by atoms with Crippen molar-refractivity contribution in [1.29, 1.82) is 0 Å². The molecule has 0 amide bonds. The van der Waals surface area contributed by atoms with E-state index in [2.05, 4.69) is 51.7 Å². The van der Waals surface area contributed by atoms with Gasteiger partial charge in [-0.05, 0) is 11.1 Å². The highest BCUT2D eigenvalue weighted by Crippen LogP contribution is 2.36. The van der Waals surface area contributed by atoms with Gasteiger partial charge in [-0.15, -0.1) is 5.10 Å². The molecule has 3 aromatic carbocycles. The van der Waals surface area contributed by atoms with E-state index in [0.717, 1.165) is 39.4 Å². The quantitative estimate of drug-likeness (QED) is 0.415. The predicted molar refractivity (Wildman–Crippen MR) is 106 cm³/mol. The Morgan fingerprint density at radius 2 is 1.00 bits per heavy atom. The van der Waals surface area contributed by atoms with Gasteiger partial charge in [0.2, 0.25) is 0 Å². The molecule has 3 aromatic rings. The van der Waals surface area contributed by atoms with Crippen LogP contribution >= 0.6 is 0 Å². The van der Waals surface area contributed by atoms with Gasteiger partial charge in [-0.25, -0.2) is 0 Å². The van der Waals surface area contributed by atoms with Gasteiger partial charge in [-0.3, -0.25) is 0 Å². The van der Waals surface area contributed by atoms with E-state index in [9.17, 15) is 0 Å². The third kappa shape index (κ3) is 2.12. The van der Waals surface area contributed by atoms with Gasteiger partial charge in [0.15, 0.2) is 0 Å². The Labute approximate surface area is 151 Å². The van der Waals surface area contributed by atoms with Gasteiger partial charge >= 0.3 is 0 Å². The third-order valence-electron chi connectivity index (χ3n) is 4.96. The number of hydrogen-bond acceptors (Lipinski definition) is 4. The number of nitrogens with zero attached hydrogens (tertiary/aromatic N) is 3. The van der Waals surface area contributed by atoms with Crippen LogP contribution < -0.4 is 5.84 Å². The number of hydrazone groups is 1. The van der Waals surface area contributed by atoms with Gasteiger partial charge in [0.05, 0.1) is 11.4 Å². The van der Waals surface area contributed by atoms with Crippen LogP contribution in [0.3, 0.4) is 0 Å². The van der Waals surface area contributed by atoms with E-state index in [0.29, 0.717) is 6.42 Å². The fourth-order valence-electron chi connectivity index (χ4n) is 3.75. The van der Waals surface area contributed by atoms with E-state index in [1.165, 1.54) is 11.1 Å². The van der Waals surface area contributed by atoms with E-state index in [1.54, 1.807) is 0 Å². The summed E-state index contributed by atoms with van der Waals surface area (Å²) in [4.78, 5) is 0. The molecule has 124 valence electrons. The molecule has 0 heterocycles. The first-order chi connectivity index (χ1) is 12.9. The Morgan fingerprint density at radius 1 is 0.538 bits per heavy atom. The molecule has 2 N–H and O–H groups in total. The fraction of sp³-hybridized carbons (Fsp3) is 0.0455. The standard InChI is InChI=1S/C22H16N4/c23-24-20-13-21(17-10-4-3-9-16(17)20)25-26-22-18-11-5-1-7-14(18)15-8-2-6-12-19(15)22/h1-12H,13,23H2/b24-20+,25-21+. The first-order valence-electron chi connectivity index (χ1n) is 8.57. The Kier molecular flexibility index (Phi) is 3.28. The number of benzene rings is 3. The van der Waals surface area contributed by atoms with Gasteiger partial charge in [-0.1, -0.05) is 72.8 Å². The maximum absolute atomic E-state index is 5.55. The zero-order chi connectivity index (χ0) is 17.5. The van der Waals surface area contributed by atoms with E-state index < -0.39 is 0 Å². The zero-order valence-electron chi connectivity index (χ0n) is 14.1. The van der Waals surface area contributed by atoms with E-state index in [4.69, 9.17) is 5.84 Å². The molecular formula is C22H16N4. The minimum atomic E-state index is 0.607. The molecular weight excluding hydrogens is 320 g/mol. The van der Waals surface area contributed by atoms with Crippen molar-refractivity contribution in [3.8, 4) is 11.1 Å². The minimum absolute atomic E-state index is 0.607. The van der Waals surface area contributed by atoms with Crippen molar-refractivity contribution >= 4 is 17.1 Å². The van der Waals surface area contributed by atoms with Crippen molar-refractivity contribution in [2.75, 3.05) is 0 Å². The Bertz CT molecular complexity index is 1070. The number of nitrogens with two attached hydrogens (primary N) is 1. The Balaban J connectivity index is 1.66. The molecule has 0 radical (unpaired) electrons. The molecule has 0 unspecified atom stereocenters. The lowest BCUT2D eigenvalue weighted by Crippen LogP contribution is -2.01. The molecule has 4 heteroatoms. The van der Waals surface area contributed by atoms with E-state index in [1.807, 2.05) is 36.4 Å². The predicted octanol–water partition coefficient (Wildman–Crippen LogP) is 3.98. The maximum Gasteiger partial charge on any atom is 0.101 e. The van der Waals surface area contributed by atoms with Crippen molar-refractivity contribution in [3.05, 3.63) is 95.1 Å². The van der Waals surface area contributed by atoms with Crippen LogP contribution in [0.2, 0.25) is 0 Å². The van der Waals surface area contributed by atoms with Gasteiger partial charge in [0.25, 0.3) is 0 Å². The van der Waals surface area contributed by atoms with E-state index >= 15 is 0 Å². The monoisotopic (exact) mass is 336 g/mol. The lowest BCUT2D eigenvalue weighted by atomic mass is 10.1. The first-order valence-corrected chi connectivity index (χ1v) is 8.57. The van der Waals surface area contributed by atoms with Gasteiger partial charge in [0, 0.05) is 28.7 Å². The molecule has 0 saturated heterocycles. The van der Waals surface area contributed by atoms with Crippen LogP contribution in [-0.2, 0) is 0 Å². The average molecular weight is 336 g/mol. The molecule has 0 aromatic heterocycles. The van der Waals surface area contributed by atoms with Crippen LogP contribution in [0.4, 0.5) is 0 Å². The van der Waals surface area contributed by atoms with Crippen LogP contribution in [0.15, 0.2) is 88.1 Å².